The van der Waals surface area contributed by atoms with Crippen LogP contribution in [-0.2, 0) is 0 Å². The minimum Gasteiger partial charge on any atom is -0.459 e. The van der Waals surface area contributed by atoms with Crippen LogP contribution in [0.1, 0.15) is 29.0 Å². The summed E-state index contributed by atoms with van der Waals surface area (Å²) in [5.74, 6) is 0.521. The maximum Gasteiger partial charge on any atom is 0.290 e. The highest BCUT2D eigenvalue weighted by atomic mass is 16.3. The van der Waals surface area contributed by atoms with Crippen LogP contribution in [0.15, 0.2) is 33.9 Å². The predicted octanol–water partition coefficient (Wildman–Crippen LogP) is 1.07. The van der Waals surface area contributed by atoms with Crippen molar-refractivity contribution in [1.82, 2.24) is 15.3 Å². The zero-order valence-corrected chi connectivity index (χ0v) is 12.3. The molecule has 7 nitrogen and oxygen atoms in total. The van der Waals surface area contributed by atoms with Crippen molar-refractivity contribution in [3.05, 3.63) is 46.4 Å². The molecule has 1 fully saturated rings. The number of piperidine rings is 1. The molecule has 1 saturated heterocycles. The number of nitrogens with one attached hydrogen (secondary N) is 2. The van der Waals surface area contributed by atoms with Crippen LogP contribution in [-0.4, -0.2) is 35.0 Å². The smallest absolute Gasteiger partial charge is 0.290 e. The van der Waals surface area contributed by atoms with Gasteiger partial charge in [0.15, 0.2) is 11.6 Å². The number of carbonyl (C=O) groups excluding carboxylic acids is 1. The molecule has 1 atom stereocenters. The van der Waals surface area contributed by atoms with Gasteiger partial charge in [0.2, 0.25) is 0 Å². The van der Waals surface area contributed by atoms with Gasteiger partial charge >= 0.3 is 0 Å². The molecule has 0 aliphatic carbocycles. The monoisotopic (exact) mass is 302 g/mol. The van der Waals surface area contributed by atoms with Gasteiger partial charge in [0.25, 0.3) is 11.5 Å². The van der Waals surface area contributed by atoms with E-state index in [1.807, 2.05) is 11.8 Å². The van der Waals surface area contributed by atoms with E-state index in [0.29, 0.717) is 18.1 Å². The number of aryl methyl sites for hydroxylation is 1. The van der Waals surface area contributed by atoms with Crippen molar-refractivity contribution in [2.24, 2.45) is 0 Å². The third-order valence-electron chi connectivity index (χ3n) is 3.81. The molecule has 22 heavy (non-hydrogen) atoms. The summed E-state index contributed by atoms with van der Waals surface area (Å²) in [5, 5.41) is 2.97. The zero-order valence-electron chi connectivity index (χ0n) is 12.3. The average Bonchev–Trinajstić information content (AvgIpc) is 2.94. The first-order chi connectivity index (χ1) is 10.6. The Labute approximate surface area is 127 Å². The van der Waals surface area contributed by atoms with Crippen molar-refractivity contribution >= 4 is 11.7 Å². The van der Waals surface area contributed by atoms with Gasteiger partial charge in [-0.25, -0.2) is 4.98 Å². The Morgan fingerprint density at radius 2 is 2.41 bits per heavy atom. The van der Waals surface area contributed by atoms with Crippen molar-refractivity contribution in [1.29, 1.82) is 0 Å². The molecule has 3 heterocycles. The molecule has 7 heteroatoms. The number of rotatable bonds is 3. The summed E-state index contributed by atoms with van der Waals surface area (Å²) in [6.45, 7) is 3.15. The third kappa shape index (κ3) is 2.88. The number of H-pyrrole nitrogens is 1. The molecule has 1 amide bonds. The van der Waals surface area contributed by atoms with Crippen LogP contribution in [0.25, 0.3) is 0 Å². The number of aromatic nitrogens is 2. The van der Waals surface area contributed by atoms with E-state index in [9.17, 15) is 9.59 Å². The number of anilines is 1. The molecular weight excluding hydrogens is 284 g/mol. The second-order valence-corrected chi connectivity index (χ2v) is 5.43. The summed E-state index contributed by atoms with van der Waals surface area (Å²) in [6.07, 6.45) is 6.33. The standard InChI is InChI=1S/C15H18N4O3/c1-10-4-8-22-12(10)14(20)18-11-3-2-7-19(9-11)13-15(21)17-6-5-16-13/h4-6,8,11H,2-3,7,9H2,1H3,(H,17,21)(H,18,20)/t11-/m0/s1. The van der Waals surface area contributed by atoms with Crippen molar-refractivity contribution in [2.75, 3.05) is 18.0 Å². The summed E-state index contributed by atoms with van der Waals surface area (Å²) in [4.78, 5) is 32.7. The lowest BCUT2D eigenvalue weighted by Crippen LogP contribution is -2.49. The highest BCUT2D eigenvalue weighted by molar-refractivity contribution is 5.93. The fraction of sp³-hybridized carbons (Fsp3) is 0.400. The lowest BCUT2D eigenvalue weighted by molar-refractivity contribution is 0.0904. The number of carbonyl (C=O) groups is 1. The van der Waals surface area contributed by atoms with Gasteiger partial charge in [0, 0.05) is 37.1 Å². The first-order valence-electron chi connectivity index (χ1n) is 7.29. The molecule has 2 aromatic heterocycles. The van der Waals surface area contributed by atoms with Crippen molar-refractivity contribution < 1.29 is 9.21 Å². The largest absolute Gasteiger partial charge is 0.459 e. The molecule has 1 aliphatic heterocycles. The third-order valence-corrected chi connectivity index (χ3v) is 3.81. The second kappa shape index (κ2) is 6.05. The summed E-state index contributed by atoms with van der Waals surface area (Å²) in [5.41, 5.74) is 0.600. The number of aromatic amines is 1. The first-order valence-corrected chi connectivity index (χ1v) is 7.29. The average molecular weight is 302 g/mol. The van der Waals surface area contributed by atoms with Crippen LogP contribution in [0, 0.1) is 6.92 Å². The fourth-order valence-corrected chi connectivity index (χ4v) is 2.71. The molecule has 0 radical (unpaired) electrons. The highest BCUT2D eigenvalue weighted by Gasteiger charge is 2.25. The van der Waals surface area contributed by atoms with Gasteiger partial charge in [-0.2, -0.15) is 0 Å². The normalized spacial score (nSPS) is 18.2. The molecular formula is C15H18N4O3. The lowest BCUT2D eigenvalue weighted by Gasteiger charge is -2.33. The van der Waals surface area contributed by atoms with Crippen LogP contribution in [0.2, 0.25) is 0 Å². The Bertz CT molecular complexity index is 721. The Balaban J connectivity index is 1.69. The van der Waals surface area contributed by atoms with Crippen LogP contribution in [0.4, 0.5) is 5.82 Å². The van der Waals surface area contributed by atoms with E-state index in [-0.39, 0.29) is 17.5 Å². The minimum atomic E-state index is -0.218. The van der Waals surface area contributed by atoms with Crippen molar-refractivity contribution in [3.63, 3.8) is 0 Å². The molecule has 0 spiro atoms. The summed E-state index contributed by atoms with van der Waals surface area (Å²) < 4.78 is 5.21. The number of furan rings is 1. The Hall–Kier alpha value is -2.57. The van der Waals surface area contributed by atoms with Gasteiger partial charge in [-0.15, -0.1) is 0 Å². The second-order valence-electron chi connectivity index (χ2n) is 5.43. The Kier molecular flexibility index (Phi) is 3.95. The minimum absolute atomic E-state index is 0.0350. The molecule has 0 aromatic carbocycles. The highest BCUT2D eigenvalue weighted by Crippen LogP contribution is 2.15. The number of nitrogens with zero attached hydrogens (tertiary/aromatic N) is 2. The predicted molar refractivity (Wildman–Crippen MR) is 81.0 cm³/mol. The van der Waals surface area contributed by atoms with E-state index in [1.165, 1.54) is 12.5 Å². The molecule has 116 valence electrons. The van der Waals surface area contributed by atoms with Crippen LogP contribution in [0.3, 0.4) is 0 Å². The quantitative estimate of drug-likeness (QED) is 0.885. The summed E-state index contributed by atoms with van der Waals surface area (Å²) >= 11 is 0. The zero-order chi connectivity index (χ0) is 15.5. The lowest BCUT2D eigenvalue weighted by atomic mass is 10.1. The van der Waals surface area contributed by atoms with Gasteiger partial charge in [-0.05, 0) is 25.8 Å². The first kappa shape index (κ1) is 14.4. The van der Waals surface area contributed by atoms with E-state index in [4.69, 9.17) is 4.42 Å². The number of hydrogen-bond donors (Lipinski definition) is 2. The maximum absolute atomic E-state index is 12.2. The molecule has 2 aromatic rings. The number of amides is 1. The molecule has 3 rings (SSSR count). The molecule has 2 N–H and O–H groups in total. The number of hydrogen-bond acceptors (Lipinski definition) is 5. The molecule has 1 aliphatic rings. The van der Waals surface area contributed by atoms with Crippen LogP contribution < -0.4 is 15.8 Å². The molecule has 0 bridgehead atoms. The Morgan fingerprint density at radius 1 is 1.55 bits per heavy atom. The molecule has 0 saturated carbocycles. The van der Waals surface area contributed by atoms with E-state index in [2.05, 4.69) is 15.3 Å². The Morgan fingerprint density at radius 3 is 3.14 bits per heavy atom. The van der Waals surface area contributed by atoms with E-state index >= 15 is 0 Å². The van der Waals surface area contributed by atoms with Crippen LogP contribution >= 0.6 is 0 Å². The van der Waals surface area contributed by atoms with Crippen molar-refractivity contribution in [2.45, 2.75) is 25.8 Å². The summed E-state index contributed by atoms with van der Waals surface area (Å²) in [6, 6.07) is 1.72. The van der Waals surface area contributed by atoms with E-state index < -0.39 is 0 Å². The SMILES string of the molecule is Cc1ccoc1C(=O)N[C@H]1CCCN(c2ncc[nH]c2=O)C1. The van der Waals surface area contributed by atoms with Gasteiger partial charge in [0.05, 0.1) is 6.26 Å². The van der Waals surface area contributed by atoms with Crippen LogP contribution in [0.5, 0.6) is 0 Å². The van der Waals surface area contributed by atoms with Gasteiger partial charge < -0.3 is 19.6 Å². The summed E-state index contributed by atoms with van der Waals surface area (Å²) in [7, 11) is 0. The van der Waals surface area contributed by atoms with Gasteiger partial charge in [0.1, 0.15) is 0 Å². The van der Waals surface area contributed by atoms with Gasteiger partial charge in [-0.3, -0.25) is 9.59 Å². The molecule has 0 unspecified atom stereocenters. The van der Waals surface area contributed by atoms with Gasteiger partial charge in [-0.1, -0.05) is 0 Å². The van der Waals surface area contributed by atoms with E-state index in [0.717, 1.165) is 24.9 Å². The maximum atomic E-state index is 12.2. The fourth-order valence-electron chi connectivity index (χ4n) is 2.71. The van der Waals surface area contributed by atoms with E-state index in [1.54, 1.807) is 12.3 Å². The van der Waals surface area contributed by atoms with Crippen molar-refractivity contribution in [3.8, 4) is 0 Å². The topological polar surface area (TPSA) is 91.2 Å².